The summed E-state index contributed by atoms with van der Waals surface area (Å²) in [5.74, 6) is -0.635. The number of nitrogens with zero attached hydrogens (tertiary/aromatic N) is 1. The van der Waals surface area contributed by atoms with Crippen LogP contribution in [0.2, 0.25) is 0 Å². The highest BCUT2D eigenvalue weighted by molar-refractivity contribution is 8.22. The maximum Gasteiger partial charge on any atom is 0.338 e. The van der Waals surface area contributed by atoms with E-state index in [1.165, 1.54) is 11.8 Å². The minimum Gasteiger partial charge on any atom is -0.465 e. The fourth-order valence-corrected chi connectivity index (χ4v) is 4.35. The van der Waals surface area contributed by atoms with E-state index in [2.05, 4.69) is 5.43 Å². The molecule has 0 saturated heterocycles. The number of thioether (sulfide) groups is 1. The Morgan fingerprint density at radius 2 is 1.82 bits per heavy atom. The second kappa shape index (κ2) is 12.7. The molecule has 0 heterocycles. The lowest BCUT2D eigenvalue weighted by Gasteiger charge is -2.34. The Labute approximate surface area is 210 Å². The molecule has 2 aromatic rings. The largest absolute Gasteiger partial charge is 0.465 e. The molecule has 3 rings (SSSR count). The van der Waals surface area contributed by atoms with Crippen LogP contribution in [0.3, 0.4) is 0 Å². The lowest BCUT2D eigenvalue weighted by Crippen LogP contribution is -2.44. The number of hydrazine groups is 1. The van der Waals surface area contributed by atoms with Gasteiger partial charge < -0.3 is 9.47 Å². The van der Waals surface area contributed by atoms with Crippen molar-refractivity contribution in [1.29, 1.82) is 0 Å². The fraction of sp³-hybridized carbons (Fsp3) is 0.346. The minimum absolute atomic E-state index is 0.264. The van der Waals surface area contributed by atoms with Crippen molar-refractivity contribution in [2.45, 2.75) is 32.3 Å². The van der Waals surface area contributed by atoms with Crippen LogP contribution >= 0.6 is 24.0 Å². The van der Waals surface area contributed by atoms with E-state index in [4.69, 9.17) is 21.7 Å². The first-order chi connectivity index (χ1) is 16.5. The number of nitrogens with one attached hydrogen (secondary N) is 1. The van der Waals surface area contributed by atoms with Gasteiger partial charge in [-0.3, -0.25) is 9.80 Å². The first kappa shape index (κ1) is 25.9. The van der Waals surface area contributed by atoms with Gasteiger partial charge in [-0.25, -0.2) is 10.2 Å². The van der Waals surface area contributed by atoms with E-state index in [0.717, 1.165) is 5.69 Å². The fourth-order valence-electron chi connectivity index (χ4n) is 3.82. The second-order valence-corrected chi connectivity index (χ2v) is 9.32. The summed E-state index contributed by atoms with van der Waals surface area (Å²) in [7, 11) is 0. The predicted octanol–water partition coefficient (Wildman–Crippen LogP) is 5.16. The van der Waals surface area contributed by atoms with Crippen LogP contribution in [0, 0.1) is 5.41 Å². The van der Waals surface area contributed by atoms with E-state index in [1.54, 1.807) is 31.2 Å². The number of ether oxygens (including phenoxy) is 2. The van der Waals surface area contributed by atoms with Gasteiger partial charge >= 0.3 is 11.9 Å². The quantitative estimate of drug-likeness (QED) is 0.220. The molecule has 0 fully saturated rings. The molecule has 0 bridgehead atoms. The van der Waals surface area contributed by atoms with E-state index in [0.29, 0.717) is 42.3 Å². The maximum absolute atomic E-state index is 13.0. The molecule has 180 valence electrons. The highest BCUT2D eigenvalue weighted by Crippen LogP contribution is 2.37. The van der Waals surface area contributed by atoms with Gasteiger partial charge in [0.1, 0.15) is 6.10 Å². The van der Waals surface area contributed by atoms with Gasteiger partial charge in [0.05, 0.1) is 23.3 Å². The van der Waals surface area contributed by atoms with Gasteiger partial charge in [0.15, 0.2) is 4.32 Å². The van der Waals surface area contributed by atoms with E-state index in [9.17, 15) is 9.59 Å². The van der Waals surface area contributed by atoms with Crippen molar-refractivity contribution in [3.8, 4) is 0 Å². The molecular weight excluding hydrogens is 468 g/mol. The number of thiocarbonyl (C=S) groups is 1. The van der Waals surface area contributed by atoms with Gasteiger partial charge in [0, 0.05) is 6.54 Å². The molecule has 8 heteroatoms. The number of hydrogen-bond donors (Lipinski definition) is 1. The smallest absolute Gasteiger partial charge is 0.338 e. The van der Waals surface area contributed by atoms with Crippen LogP contribution in [0.1, 0.15) is 36.5 Å². The molecule has 0 aliphatic heterocycles. The molecule has 1 aliphatic carbocycles. The number of carbonyl (C=O) groups excluding carboxylic acids is 2. The molecule has 0 aromatic heterocycles. The van der Waals surface area contributed by atoms with Gasteiger partial charge in [0.25, 0.3) is 0 Å². The average molecular weight is 499 g/mol. The SMILES string of the molecule is CCOC(=O)C1(CCNN(C(=S)SC)c2ccccc2)C=CC(OC(=O)c2ccccc2)CC1. The van der Waals surface area contributed by atoms with Crippen molar-refractivity contribution in [3.05, 3.63) is 78.4 Å². The third-order valence-corrected chi connectivity index (χ3v) is 6.88. The van der Waals surface area contributed by atoms with E-state index in [-0.39, 0.29) is 18.0 Å². The predicted molar refractivity (Wildman–Crippen MR) is 141 cm³/mol. The number of rotatable bonds is 9. The van der Waals surface area contributed by atoms with Gasteiger partial charge in [-0.15, -0.1) is 0 Å². The molecule has 6 nitrogen and oxygen atoms in total. The molecule has 2 aromatic carbocycles. The van der Waals surface area contributed by atoms with Gasteiger partial charge in [0.2, 0.25) is 0 Å². The molecule has 0 saturated carbocycles. The summed E-state index contributed by atoms with van der Waals surface area (Å²) in [5, 5.41) is 1.86. The second-order valence-electron chi connectivity index (χ2n) is 7.88. The molecule has 2 unspecified atom stereocenters. The van der Waals surface area contributed by atoms with Crippen molar-refractivity contribution in [3.63, 3.8) is 0 Å². The van der Waals surface area contributed by atoms with Crippen molar-refractivity contribution in [2.75, 3.05) is 24.4 Å². The summed E-state index contributed by atoms with van der Waals surface area (Å²) in [6.45, 7) is 2.61. The molecule has 34 heavy (non-hydrogen) atoms. The van der Waals surface area contributed by atoms with Crippen LogP contribution in [0.5, 0.6) is 0 Å². The average Bonchev–Trinajstić information content (AvgIpc) is 2.88. The van der Waals surface area contributed by atoms with E-state index >= 15 is 0 Å². The summed E-state index contributed by atoms with van der Waals surface area (Å²) < 4.78 is 11.7. The third-order valence-electron chi connectivity index (χ3n) is 5.67. The molecule has 0 radical (unpaired) electrons. The standard InChI is InChI=1S/C26H30N2O4S2/c1-3-31-24(30)26(18-19-27-28(25(33)34-2)21-12-8-5-9-13-21)16-14-22(15-17-26)32-23(29)20-10-6-4-7-11-20/h4-14,16,22,27H,3,15,17-19H2,1-2H3. The minimum atomic E-state index is -0.790. The highest BCUT2D eigenvalue weighted by Gasteiger charge is 2.40. The number of para-hydroxylation sites is 1. The zero-order valence-corrected chi connectivity index (χ0v) is 21.1. The van der Waals surface area contributed by atoms with E-state index in [1.807, 2.05) is 59.8 Å². The van der Waals surface area contributed by atoms with Gasteiger partial charge in [-0.1, -0.05) is 66.5 Å². The maximum atomic E-state index is 13.0. The third kappa shape index (κ3) is 6.68. The van der Waals surface area contributed by atoms with Crippen LogP contribution in [-0.2, 0) is 14.3 Å². The van der Waals surface area contributed by atoms with Gasteiger partial charge in [-0.2, -0.15) is 0 Å². The molecule has 1 N–H and O–H groups in total. The summed E-state index contributed by atoms with van der Waals surface area (Å²) >= 11 is 6.99. The lowest BCUT2D eigenvalue weighted by atomic mass is 9.75. The van der Waals surface area contributed by atoms with Crippen LogP contribution in [-0.4, -0.2) is 41.8 Å². The van der Waals surface area contributed by atoms with Crippen LogP contribution in [0.15, 0.2) is 72.8 Å². The van der Waals surface area contributed by atoms with Crippen LogP contribution in [0.25, 0.3) is 0 Å². The number of esters is 2. The number of carbonyl (C=O) groups is 2. The molecule has 1 aliphatic rings. The van der Waals surface area contributed by atoms with Crippen molar-refractivity contribution >= 4 is 45.9 Å². The van der Waals surface area contributed by atoms with E-state index < -0.39 is 5.41 Å². The summed E-state index contributed by atoms with van der Waals surface area (Å²) in [5.41, 5.74) is 4.01. The Balaban J connectivity index is 1.68. The number of hydrogen-bond acceptors (Lipinski definition) is 7. The topological polar surface area (TPSA) is 67.9 Å². The molecular formula is C26H30N2O4S2. The Kier molecular flexibility index (Phi) is 9.68. The van der Waals surface area contributed by atoms with Crippen molar-refractivity contribution in [2.24, 2.45) is 5.41 Å². The zero-order chi connectivity index (χ0) is 24.4. The Hall–Kier alpha value is -2.68. The summed E-state index contributed by atoms with van der Waals surface area (Å²) in [4.78, 5) is 25.4. The van der Waals surface area contributed by atoms with Crippen LogP contribution < -0.4 is 10.4 Å². The Morgan fingerprint density at radius 1 is 1.15 bits per heavy atom. The highest BCUT2D eigenvalue weighted by atomic mass is 32.2. The molecule has 2 atom stereocenters. The number of benzene rings is 2. The normalized spacial score (nSPS) is 19.3. The van der Waals surface area contributed by atoms with Crippen LogP contribution in [0.4, 0.5) is 5.69 Å². The van der Waals surface area contributed by atoms with Crippen molar-refractivity contribution < 1.29 is 19.1 Å². The molecule has 0 spiro atoms. The lowest BCUT2D eigenvalue weighted by molar-refractivity contribution is -0.153. The zero-order valence-electron chi connectivity index (χ0n) is 19.4. The summed E-state index contributed by atoms with van der Waals surface area (Å²) in [6, 6.07) is 18.7. The Bertz CT molecular complexity index is 1000. The van der Waals surface area contributed by atoms with Gasteiger partial charge in [-0.05, 0) is 62.8 Å². The Morgan fingerprint density at radius 3 is 2.41 bits per heavy atom. The first-order valence-corrected chi connectivity index (χ1v) is 12.9. The first-order valence-electron chi connectivity index (χ1n) is 11.3. The molecule has 0 amide bonds. The monoisotopic (exact) mass is 498 g/mol. The summed E-state index contributed by atoms with van der Waals surface area (Å²) in [6.07, 6.45) is 6.78. The number of anilines is 1. The van der Waals surface area contributed by atoms with Crippen molar-refractivity contribution in [1.82, 2.24) is 5.43 Å².